The van der Waals surface area contributed by atoms with Crippen LogP contribution in [0.3, 0.4) is 0 Å². The van der Waals surface area contributed by atoms with Crippen LogP contribution < -0.4 is 29.3 Å². The first-order valence-electron chi connectivity index (χ1n) is 12.8. The molecule has 0 aliphatic rings. The monoisotopic (exact) mass is 563 g/mol. The maximum Gasteiger partial charge on any atom is 1.00 e. The number of thioether (sulfide) groups is 1. The van der Waals surface area contributed by atoms with Crippen LogP contribution in [0.5, 0.6) is 0 Å². The van der Waals surface area contributed by atoms with Crippen molar-refractivity contribution in [3.63, 3.8) is 0 Å². The zero-order valence-electron chi connectivity index (χ0n) is 23.3. The zero-order valence-corrected chi connectivity index (χ0v) is 24.2. The predicted molar refractivity (Wildman–Crippen MR) is 154 cm³/mol. The minimum absolute atomic E-state index is 0. The molecule has 0 bridgehead atoms. The van der Waals surface area contributed by atoms with Gasteiger partial charge in [0.05, 0.1) is 18.6 Å². The Bertz CT molecular complexity index is 1480. The van der Waals surface area contributed by atoms with Gasteiger partial charge in [-0.15, -0.1) is 0 Å². The number of amides is 1. The van der Waals surface area contributed by atoms with E-state index in [1.165, 1.54) is 11.8 Å². The normalized spacial score (nSPS) is 11.4. The number of aryl methyl sites for hydroxylation is 1. The molecule has 4 aromatic rings. The van der Waals surface area contributed by atoms with E-state index < -0.39 is 17.9 Å². The molecular formula is C32H30LiNO6S. The number of carbonyl (C=O) groups excluding carboxylic acids is 3. The van der Waals surface area contributed by atoms with E-state index in [0.717, 1.165) is 28.5 Å². The van der Waals surface area contributed by atoms with E-state index >= 15 is 0 Å². The average Bonchev–Trinajstić information content (AvgIpc) is 3.44. The summed E-state index contributed by atoms with van der Waals surface area (Å²) < 4.78 is 11.8. The molecule has 0 aliphatic heterocycles. The fourth-order valence-electron chi connectivity index (χ4n) is 4.30. The molecule has 0 spiro atoms. The van der Waals surface area contributed by atoms with Crippen LogP contribution in [-0.2, 0) is 22.7 Å². The van der Waals surface area contributed by atoms with Gasteiger partial charge in [0, 0.05) is 16.7 Å². The van der Waals surface area contributed by atoms with Gasteiger partial charge in [-0.25, -0.2) is 0 Å². The number of hydrogen-bond acceptors (Lipinski definition) is 7. The van der Waals surface area contributed by atoms with Gasteiger partial charge in [-0.1, -0.05) is 54.6 Å². The summed E-state index contributed by atoms with van der Waals surface area (Å²) >= 11 is 1.51. The summed E-state index contributed by atoms with van der Waals surface area (Å²) in [5.41, 5.74) is 5.25. The Balaban J connectivity index is 0.00000462. The number of benzene rings is 3. The molecule has 1 N–H and O–H groups in total. The van der Waals surface area contributed by atoms with Crippen LogP contribution >= 0.6 is 11.8 Å². The number of aliphatic carboxylic acids is 1. The van der Waals surface area contributed by atoms with Crippen LogP contribution in [0.2, 0.25) is 0 Å². The van der Waals surface area contributed by atoms with Crippen molar-refractivity contribution in [1.82, 2.24) is 5.32 Å². The van der Waals surface area contributed by atoms with E-state index in [4.69, 9.17) is 9.15 Å². The number of carboxylic acid groups (broad SMARTS) is 1. The molecule has 0 radical (unpaired) electrons. The number of rotatable bonds is 13. The van der Waals surface area contributed by atoms with Crippen molar-refractivity contribution in [3.05, 3.63) is 107 Å². The smallest absolute Gasteiger partial charge is 0.548 e. The quantitative estimate of drug-likeness (QED) is 0.196. The minimum atomic E-state index is -1.30. The van der Waals surface area contributed by atoms with E-state index in [1.807, 2.05) is 67.8 Å². The molecule has 9 heteroatoms. The number of hydrogen-bond donors (Lipinski definition) is 1. The van der Waals surface area contributed by atoms with Crippen molar-refractivity contribution >= 4 is 29.9 Å². The summed E-state index contributed by atoms with van der Waals surface area (Å²) in [6, 6.07) is 22.9. The molecule has 0 unspecified atom stereocenters. The number of furan rings is 1. The first-order valence-corrected chi connectivity index (χ1v) is 14.2. The van der Waals surface area contributed by atoms with Crippen molar-refractivity contribution < 1.29 is 47.5 Å². The number of nitrogens with one attached hydrogen (secondary N) is 1. The molecule has 0 saturated heterocycles. The fourth-order valence-corrected chi connectivity index (χ4v) is 4.78. The Morgan fingerprint density at radius 2 is 1.76 bits per heavy atom. The Labute approximate surface area is 255 Å². The summed E-state index contributed by atoms with van der Waals surface area (Å²) in [7, 11) is 0. The molecule has 1 atom stereocenters. The van der Waals surface area contributed by atoms with Crippen molar-refractivity contribution in [2.75, 3.05) is 12.0 Å². The van der Waals surface area contributed by atoms with Gasteiger partial charge >= 0.3 is 18.9 Å². The molecule has 206 valence electrons. The number of carbonyl (C=O) groups is 3. The number of aldehydes is 1. The standard InChI is InChI=1S/C32H31NO6S.Li/c1-21-5-3-4-6-26(21)28-17-23(9-13-27(28)31(35)33-29(32(36)37)15-16-40-2)19-38-20-25-12-14-30(39-25)24-10-7-22(18-34)8-11-24;/h3-14,17-18,29H,15-16,19-20H2,1-2H3,(H,33,35)(H,36,37);/q;+1/p-1/t29-;/m0./s1. The van der Waals surface area contributed by atoms with Crippen molar-refractivity contribution in [1.29, 1.82) is 0 Å². The van der Waals surface area contributed by atoms with Crippen molar-refractivity contribution in [2.45, 2.75) is 32.6 Å². The van der Waals surface area contributed by atoms with Crippen LogP contribution in [0, 0.1) is 6.92 Å². The number of ether oxygens (including phenoxy) is 1. The summed E-state index contributed by atoms with van der Waals surface area (Å²) in [5.74, 6) is 0.154. The van der Waals surface area contributed by atoms with Crippen LogP contribution in [-0.4, -0.2) is 36.2 Å². The molecule has 0 aliphatic carbocycles. The van der Waals surface area contributed by atoms with E-state index in [9.17, 15) is 19.5 Å². The maximum atomic E-state index is 13.2. The molecule has 0 fully saturated rings. The second-order valence-corrected chi connectivity index (χ2v) is 10.3. The van der Waals surface area contributed by atoms with Gasteiger partial charge in [-0.05, 0) is 71.9 Å². The molecule has 3 aromatic carbocycles. The Kier molecular flexibility index (Phi) is 12.1. The molecule has 1 aromatic heterocycles. The van der Waals surface area contributed by atoms with Gasteiger partial charge in [-0.3, -0.25) is 9.59 Å². The molecule has 7 nitrogen and oxygen atoms in total. The van der Waals surface area contributed by atoms with Gasteiger partial charge in [0.25, 0.3) is 5.91 Å². The predicted octanol–water partition coefficient (Wildman–Crippen LogP) is 2.06. The number of carboxylic acids is 1. The fraction of sp³-hybridized carbons (Fsp3) is 0.219. The van der Waals surface area contributed by atoms with Gasteiger partial charge in [-0.2, -0.15) is 11.8 Å². The molecule has 4 rings (SSSR count). The van der Waals surface area contributed by atoms with Gasteiger partial charge < -0.3 is 24.4 Å². The van der Waals surface area contributed by atoms with E-state index in [0.29, 0.717) is 34.0 Å². The summed E-state index contributed by atoms with van der Waals surface area (Å²) in [5, 5.41) is 14.2. The van der Waals surface area contributed by atoms with Crippen molar-refractivity contribution in [3.8, 4) is 22.5 Å². The van der Waals surface area contributed by atoms with Crippen LogP contribution in [0.1, 0.15) is 44.0 Å². The first kappa shape index (κ1) is 32.0. The second kappa shape index (κ2) is 15.5. The summed E-state index contributed by atoms with van der Waals surface area (Å²) in [6.45, 7) is 2.49. The third-order valence-corrected chi connectivity index (χ3v) is 7.11. The third kappa shape index (κ3) is 8.48. The average molecular weight is 564 g/mol. The Morgan fingerprint density at radius 1 is 1.00 bits per heavy atom. The first-order chi connectivity index (χ1) is 19.4. The van der Waals surface area contributed by atoms with Crippen molar-refractivity contribution in [2.24, 2.45) is 0 Å². The third-order valence-electron chi connectivity index (χ3n) is 6.47. The molecule has 41 heavy (non-hydrogen) atoms. The van der Waals surface area contributed by atoms with Crippen LogP contribution in [0.25, 0.3) is 22.5 Å². The van der Waals surface area contributed by atoms with Gasteiger partial charge in [0.15, 0.2) is 0 Å². The largest absolute Gasteiger partial charge is 1.00 e. The topological polar surface area (TPSA) is 109 Å². The van der Waals surface area contributed by atoms with E-state index in [1.54, 1.807) is 24.3 Å². The maximum absolute atomic E-state index is 13.2. The molecule has 1 amide bonds. The summed E-state index contributed by atoms with van der Waals surface area (Å²) in [4.78, 5) is 35.7. The Morgan fingerprint density at radius 3 is 2.44 bits per heavy atom. The molecular weight excluding hydrogens is 533 g/mol. The van der Waals surface area contributed by atoms with Crippen LogP contribution in [0.4, 0.5) is 0 Å². The minimum Gasteiger partial charge on any atom is -0.548 e. The summed E-state index contributed by atoms with van der Waals surface area (Å²) in [6.07, 6.45) is 2.95. The zero-order chi connectivity index (χ0) is 28.5. The van der Waals surface area contributed by atoms with E-state index in [2.05, 4.69) is 5.32 Å². The SMILES string of the molecule is CSCC[C@H](NC(=O)c1ccc(COCc2ccc(-c3ccc(C=O)cc3)o2)cc1-c1ccccc1C)C(=O)[O-].[Li+]. The van der Waals surface area contributed by atoms with Gasteiger partial charge in [0.1, 0.15) is 24.4 Å². The van der Waals surface area contributed by atoms with E-state index in [-0.39, 0.29) is 38.5 Å². The second-order valence-electron chi connectivity index (χ2n) is 9.32. The van der Waals surface area contributed by atoms with Crippen LogP contribution in [0.15, 0.2) is 83.3 Å². The molecule has 0 saturated carbocycles. The molecule has 1 heterocycles. The van der Waals surface area contributed by atoms with Gasteiger partial charge in [0.2, 0.25) is 0 Å². The Hall–Kier alpha value is -3.54.